The first-order chi connectivity index (χ1) is 12.2. The molecule has 0 unspecified atom stereocenters. The number of carbonyl (C=O) groups is 2. The van der Waals surface area contributed by atoms with Gasteiger partial charge < -0.3 is 14.1 Å². The average molecular weight is 347 g/mol. The van der Waals surface area contributed by atoms with E-state index in [4.69, 9.17) is 9.15 Å². The van der Waals surface area contributed by atoms with Crippen molar-refractivity contribution in [3.05, 3.63) is 42.9 Å². The molecule has 2 heterocycles. The number of hydrogen-bond acceptors (Lipinski definition) is 5. The molecule has 2 aromatic heterocycles. The Balaban J connectivity index is 2.13. The molecule has 0 saturated heterocycles. The summed E-state index contributed by atoms with van der Waals surface area (Å²) in [6, 6.07) is 2.50. The van der Waals surface area contributed by atoms with Crippen LogP contribution in [0.1, 0.15) is 45.3 Å². The quantitative estimate of drug-likeness (QED) is 0.513. The van der Waals surface area contributed by atoms with Crippen molar-refractivity contribution in [1.82, 2.24) is 14.5 Å². The second-order valence-electron chi connectivity index (χ2n) is 5.76. The van der Waals surface area contributed by atoms with E-state index in [1.807, 2.05) is 6.92 Å². The fraction of sp³-hybridized carbons (Fsp3) is 0.500. The molecule has 0 saturated carbocycles. The van der Waals surface area contributed by atoms with E-state index >= 15 is 0 Å². The molecule has 1 atom stereocenters. The lowest BCUT2D eigenvalue weighted by Gasteiger charge is -2.28. The van der Waals surface area contributed by atoms with Crippen molar-refractivity contribution in [1.29, 1.82) is 0 Å². The van der Waals surface area contributed by atoms with Gasteiger partial charge in [-0.3, -0.25) is 4.57 Å². The standard InChI is InChI=1S/C18H25N3O4/c1-3-5-6-11-25-17(22)16(4-2)21(13-15-8-7-12-24-15)18(23)20-10-9-19-14-20/h7-10,12,14,16H,3-6,11,13H2,1-2H3/t16-/m1/s1. The van der Waals surface area contributed by atoms with Crippen LogP contribution in [-0.4, -0.2) is 39.1 Å². The van der Waals surface area contributed by atoms with Gasteiger partial charge in [0, 0.05) is 12.4 Å². The van der Waals surface area contributed by atoms with Crippen LogP contribution in [0.5, 0.6) is 0 Å². The monoisotopic (exact) mass is 347 g/mol. The van der Waals surface area contributed by atoms with E-state index in [0.717, 1.165) is 19.3 Å². The topological polar surface area (TPSA) is 77.6 Å². The summed E-state index contributed by atoms with van der Waals surface area (Å²) in [6.45, 7) is 4.50. The molecule has 0 spiro atoms. The normalized spacial score (nSPS) is 11.9. The highest BCUT2D eigenvalue weighted by molar-refractivity contribution is 5.84. The summed E-state index contributed by atoms with van der Waals surface area (Å²) in [7, 11) is 0. The van der Waals surface area contributed by atoms with Crippen LogP contribution in [0.25, 0.3) is 0 Å². The molecule has 25 heavy (non-hydrogen) atoms. The number of imidazole rings is 1. The van der Waals surface area contributed by atoms with Crippen LogP contribution in [-0.2, 0) is 16.1 Å². The van der Waals surface area contributed by atoms with Crippen LogP contribution in [0.3, 0.4) is 0 Å². The van der Waals surface area contributed by atoms with E-state index in [9.17, 15) is 9.59 Å². The van der Waals surface area contributed by atoms with Crippen LogP contribution in [0.15, 0.2) is 41.5 Å². The fourth-order valence-electron chi connectivity index (χ4n) is 2.54. The number of nitrogens with zero attached hydrogens (tertiary/aromatic N) is 3. The number of unbranched alkanes of at least 4 members (excludes halogenated alkanes) is 2. The molecule has 1 amide bonds. The summed E-state index contributed by atoms with van der Waals surface area (Å²) < 4.78 is 12.1. The Bertz CT molecular complexity index is 637. The van der Waals surface area contributed by atoms with Crippen molar-refractivity contribution in [2.45, 2.75) is 52.1 Å². The SMILES string of the molecule is CCCCCOC(=O)[C@@H](CC)N(Cc1ccco1)C(=O)n1ccnc1. The van der Waals surface area contributed by atoms with Gasteiger partial charge in [0.2, 0.25) is 0 Å². The average Bonchev–Trinajstić information content (AvgIpc) is 3.31. The van der Waals surface area contributed by atoms with Crippen LogP contribution in [0.2, 0.25) is 0 Å². The van der Waals surface area contributed by atoms with Gasteiger partial charge in [-0.1, -0.05) is 26.7 Å². The van der Waals surface area contributed by atoms with E-state index in [1.54, 1.807) is 24.6 Å². The Morgan fingerprint density at radius 1 is 1.36 bits per heavy atom. The van der Waals surface area contributed by atoms with E-state index in [1.165, 1.54) is 22.0 Å². The van der Waals surface area contributed by atoms with Crippen molar-refractivity contribution >= 4 is 12.0 Å². The van der Waals surface area contributed by atoms with Crippen LogP contribution in [0, 0.1) is 0 Å². The lowest BCUT2D eigenvalue weighted by molar-refractivity contribution is -0.149. The summed E-state index contributed by atoms with van der Waals surface area (Å²) in [5.41, 5.74) is 0. The molecule has 2 rings (SSSR count). The van der Waals surface area contributed by atoms with Crippen molar-refractivity contribution < 1.29 is 18.7 Å². The maximum atomic E-state index is 12.8. The minimum Gasteiger partial charge on any atom is -0.467 e. The molecule has 0 aromatic carbocycles. The highest BCUT2D eigenvalue weighted by Crippen LogP contribution is 2.15. The van der Waals surface area contributed by atoms with E-state index < -0.39 is 12.0 Å². The van der Waals surface area contributed by atoms with Crippen LogP contribution < -0.4 is 0 Å². The molecule has 7 heteroatoms. The van der Waals surface area contributed by atoms with Gasteiger partial charge in [0.15, 0.2) is 0 Å². The molecule has 0 radical (unpaired) electrons. The second-order valence-corrected chi connectivity index (χ2v) is 5.76. The van der Waals surface area contributed by atoms with Gasteiger partial charge >= 0.3 is 12.0 Å². The minimum atomic E-state index is -0.679. The summed E-state index contributed by atoms with van der Waals surface area (Å²) in [5.74, 6) is 0.212. The molecular weight excluding hydrogens is 322 g/mol. The lowest BCUT2D eigenvalue weighted by atomic mass is 10.2. The number of esters is 1. The number of ether oxygens (including phenoxy) is 1. The zero-order valence-electron chi connectivity index (χ0n) is 14.8. The van der Waals surface area contributed by atoms with Crippen LogP contribution in [0.4, 0.5) is 4.79 Å². The first-order valence-corrected chi connectivity index (χ1v) is 8.65. The predicted octanol–water partition coefficient (Wildman–Crippen LogP) is 3.46. The fourth-order valence-corrected chi connectivity index (χ4v) is 2.54. The van der Waals surface area contributed by atoms with Gasteiger partial charge in [-0.05, 0) is 25.0 Å². The Morgan fingerprint density at radius 3 is 2.80 bits per heavy atom. The molecule has 0 aliphatic carbocycles. The van der Waals surface area contributed by atoms with Crippen molar-refractivity contribution in [2.24, 2.45) is 0 Å². The van der Waals surface area contributed by atoms with Gasteiger partial charge in [0.05, 0.1) is 19.4 Å². The molecule has 0 aliphatic rings. The molecular formula is C18H25N3O4. The Labute approximate surface area is 147 Å². The van der Waals surface area contributed by atoms with Crippen molar-refractivity contribution in [2.75, 3.05) is 6.61 Å². The minimum absolute atomic E-state index is 0.187. The number of hydrogen-bond donors (Lipinski definition) is 0. The zero-order valence-corrected chi connectivity index (χ0v) is 14.8. The number of rotatable bonds is 9. The first kappa shape index (κ1) is 18.8. The maximum Gasteiger partial charge on any atom is 0.330 e. The highest BCUT2D eigenvalue weighted by atomic mass is 16.5. The third-order valence-electron chi connectivity index (χ3n) is 3.90. The summed E-state index contributed by atoms with van der Waals surface area (Å²) in [5, 5.41) is 0. The molecule has 0 bridgehead atoms. The van der Waals surface area contributed by atoms with Gasteiger partial charge in [-0.15, -0.1) is 0 Å². The number of aromatic nitrogens is 2. The van der Waals surface area contributed by atoms with Gasteiger partial charge in [-0.2, -0.15) is 0 Å². The molecule has 7 nitrogen and oxygen atoms in total. The predicted molar refractivity (Wildman–Crippen MR) is 91.8 cm³/mol. The molecule has 2 aromatic rings. The smallest absolute Gasteiger partial charge is 0.330 e. The first-order valence-electron chi connectivity index (χ1n) is 8.65. The Morgan fingerprint density at radius 2 is 2.20 bits per heavy atom. The number of carbonyl (C=O) groups excluding carboxylic acids is 2. The molecule has 136 valence electrons. The number of furan rings is 1. The van der Waals surface area contributed by atoms with Crippen LogP contribution >= 0.6 is 0 Å². The van der Waals surface area contributed by atoms with Gasteiger partial charge in [-0.25, -0.2) is 14.6 Å². The highest BCUT2D eigenvalue weighted by Gasteiger charge is 2.31. The third kappa shape index (κ3) is 5.20. The summed E-state index contributed by atoms with van der Waals surface area (Å²) in [6.07, 6.45) is 9.37. The summed E-state index contributed by atoms with van der Waals surface area (Å²) >= 11 is 0. The van der Waals surface area contributed by atoms with Crippen molar-refractivity contribution in [3.8, 4) is 0 Å². The van der Waals surface area contributed by atoms with Crippen molar-refractivity contribution in [3.63, 3.8) is 0 Å². The summed E-state index contributed by atoms with van der Waals surface area (Å²) in [4.78, 5) is 30.7. The van der Waals surface area contributed by atoms with E-state index in [2.05, 4.69) is 11.9 Å². The zero-order chi connectivity index (χ0) is 18.1. The molecule has 0 aliphatic heterocycles. The molecule has 0 N–H and O–H groups in total. The molecule has 0 fully saturated rings. The Hall–Kier alpha value is -2.57. The maximum absolute atomic E-state index is 12.8. The number of amides is 1. The third-order valence-corrected chi connectivity index (χ3v) is 3.90. The Kier molecular flexibility index (Phi) is 7.25. The largest absolute Gasteiger partial charge is 0.467 e. The van der Waals surface area contributed by atoms with E-state index in [-0.39, 0.29) is 12.6 Å². The second kappa shape index (κ2) is 9.66. The van der Waals surface area contributed by atoms with Gasteiger partial charge in [0.25, 0.3) is 0 Å². The van der Waals surface area contributed by atoms with Gasteiger partial charge in [0.1, 0.15) is 18.1 Å². The lowest BCUT2D eigenvalue weighted by Crippen LogP contribution is -2.46. The van der Waals surface area contributed by atoms with E-state index in [0.29, 0.717) is 18.8 Å².